The molecule has 7 nitrogen and oxygen atoms in total. The number of pyridine rings is 1. The van der Waals surface area contributed by atoms with Crippen molar-refractivity contribution < 1.29 is 9.53 Å². The molecule has 0 saturated heterocycles. The Morgan fingerprint density at radius 1 is 1.21 bits per heavy atom. The molecule has 0 aliphatic heterocycles. The Kier molecular flexibility index (Phi) is 12.5. The van der Waals surface area contributed by atoms with Crippen molar-refractivity contribution in [3.8, 4) is 0 Å². The zero-order chi connectivity index (χ0) is 21.2. The third-order valence-electron chi connectivity index (χ3n) is 4.43. The predicted octanol–water partition coefficient (Wildman–Crippen LogP) is 4.14. The fourth-order valence-corrected chi connectivity index (χ4v) is 2.71. The van der Waals surface area contributed by atoms with Gasteiger partial charge in [0.25, 0.3) is 0 Å². The Balaban J connectivity index is 0.00000784. The zero-order valence-electron chi connectivity index (χ0n) is 18.3. The second kappa shape index (κ2) is 13.1. The van der Waals surface area contributed by atoms with Gasteiger partial charge in [0.15, 0.2) is 5.96 Å². The van der Waals surface area contributed by atoms with Gasteiger partial charge in [0.1, 0.15) is 10.8 Å². The van der Waals surface area contributed by atoms with E-state index in [9.17, 15) is 4.79 Å². The molecule has 0 saturated carbocycles. The van der Waals surface area contributed by atoms with E-state index in [0.717, 1.165) is 24.8 Å². The van der Waals surface area contributed by atoms with Crippen LogP contribution in [0.1, 0.15) is 53.0 Å². The normalized spacial score (nSPS) is 12.0. The summed E-state index contributed by atoms with van der Waals surface area (Å²) in [6.45, 7) is 10.9. The summed E-state index contributed by atoms with van der Waals surface area (Å²) < 4.78 is 5.41. The van der Waals surface area contributed by atoms with Crippen LogP contribution in [0.25, 0.3) is 0 Å². The number of alkyl carbamates (subject to hydrolysis) is 1. The molecule has 0 radical (unpaired) electrons. The van der Waals surface area contributed by atoms with Gasteiger partial charge in [-0.2, -0.15) is 0 Å². The number of halogens is 2. The van der Waals surface area contributed by atoms with Crippen LogP contribution in [0.15, 0.2) is 23.3 Å². The van der Waals surface area contributed by atoms with Crippen molar-refractivity contribution >= 4 is 47.6 Å². The van der Waals surface area contributed by atoms with Crippen molar-refractivity contribution in [3.63, 3.8) is 0 Å². The number of aromatic nitrogens is 1. The molecule has 1 aromatic heterocycles. The standard InChI is InChI=1S/C20H34ClN5O2.HI/c1-7-20(8-2,26-18(27)28-19(3,4)5)14-25-17(22-6)23-12-11-15-9-10-16(21)24-13-15;/h9-10,13H,7-8,11-12,14H2,1-6H3,(H,26,27)(H2,22,23,25);1H. The maximum absolute atomic E-state index is 12.2. The summed E-state index contributed by atoms with van der Waals surface area (Å²) in [5, 5.41) is 10.1. The minimum Gasteiger partial charge on any atom is -0.444 e. The highest BCUT2D eigenvalue weighted by molar-refractivity contribution is 14.0. The molecule has 1 amide bonds. The van der Waals surface area contributed by atoms with E-state index in [1.165, 1.54) is 0 Å². The minimum absolute atomic E-state index is 0. The van der Waals surface area contributed by atoms with Gasteiger partial charge in [-0.3, -0.25) is 4.99 Å². The molecule has 166 valence electrons. The number of carbonyl (C=O) groups excluding carboxylic acids is 1. The van der Waals surface area contributed by atoms with Crippen LogP contribution in [-0.2, 0) is 11.2 Å². The summed E-state index contributed by atoms with van der Waals surface area (Å²) in [6, 6.07) is 3.74. The summed E-state index contributed by atoms with van der Waals surface area (Å²) in [6.07, 6.45) is 3.70. The highest BCUT2D eigenvalue weighted by Crippen LogP contribution is 2.16. The SMILES string of the molecule is CCC(CC)(CNC(=NC)NCCc1ccc(Cl)nc1)NC(=O)OC(C)(C)C.I. The van der Waals surface area contributed by atoms with Crippen LogP contribution in [0.3, 0.4) is 0 Å². The molecular weight excluding hydrogens is 505 g/mol. The Morgan fingerprint density at radius 3 is 2.34 bits per heavy atom. The first-order valence-corrected chi connectivity index (χ1v) is 10.1. The van der Waals surface area contributed by atoms with Crippen molar-refractivity contribution in [3.05, 3.63) is 29.0 Å². The molecule has 0 fully saturated rings. The molecule has 1 rings (SSSR count). The van der Waals surface area contributed by atoms with Gasteiger partial charge in [-0.1, -0.05) is 31.5 Å². The van der Waals surface area contributed by atoms with Crippen LogP contribution in [0, 0.1) is 0 Å². The molecule has 1 heterocycles. The Hall–Kier alpha value is -1.29. The van der Waals surface area contributed by atoms with Crippen molar-refractivity contribution in [2.24, 2.45) is 4.99 Å². The number of nitrogens with zero attached hydrogens (tertiary/aromatic N) is 2. The molecule has 9 heteroatoms. The average molecular weight is 540 g/mol. The quantitative estimate of drug-likeness (QED) is 0.200. The maximum atomic E-state index is 12.2. The highest BCUT2D eigenvalue weighted by Gasteiger charge is 2.30. The van der Waals surface area contributed by atoms with Crippen LogP contribution in [0.5, 0.6) is 0 Å². The van der Waals surface area contributed by atoms with Crippen molar-refractivity contribution in [2.75, 3.05) is 20.1 Å². The van der Waals surface area contributed by atoms with Crippen LogP contribution in [0.2, 0.25) is 5.15 Å². The van der Waals surface area contributed by atoms with Gasteiger partial charge >= 0.3 is 6.09 Å². The summed E-state index contributed by atoms with van der Waals surface area (Å²) in [5.41, 5.74) is 0.147. The van der Waals surface area contributed by atoms with Gasteiger partial charge < -0.3 is 20.7 Å². The maximum Gasteiger partial charge on any atom is 0.408 e. The Bertz CT molecular complexity index is 643. The van der Waals surface area contributed by atoms with Crippen LogP contribution in [0.4, 0.5) is 4.79 Å². The molecule has 0 aliphatic carbocycles. The second-order valence-electron chi connectivity index (χ2n) is 7.71. The lowest BCUT2D eigenvalue weighted by atomic mass is 9.93. The molecule has 0 bridgehead atoms. The number of guanidine groups is 1. The van der Waals surface area contributed by atoms with E-state index in [1.54, 1.807) is 19.3 Å². The lowest BCUT2D eigenvalue weighted by Gasteiger charge is -2.34. The van der Waals surface area contributed by atoms with Gasteiger partial charge in [-0.15, -0.1) is 24.0 Å². The highest BCUT2D eigenvalue weighted by atomic mass is 127. The van der Waals surface area contributed by atoms with Gasteiger partial charge in [0, 0.05) is 26.3 Å². The summed E-state index contributed by atoms with van der Waals surface area (Å²) in [5.74, 6) is 0.680. The lowest BCUT2D eigenvalue weighted by Crippen LogP contribution is -2.57. The van der Waals surface area contributed by atoms with E-state index < -0.39 is 17.2 Å². The van der Waals surface area contributed by atoms with E-state index in [4.69, 9.17) is 16.3 Å². The van der Waals surface area contributed by atoms with Crippen LogP contribution < -0.4 is 16.0 Å². The molecule has 3 N–H and O–H groups in total. The number of carbonyl (C=O) groups is 1. The molecule has 0 aromatic carbocycles. The number of hydrogen-bond donors (Lipinski definition) is 3. The minimum atomic E-state index is -0.529. The third-order valence-corrected chi connectivity index (χ3v) is 4.66. The number of aliphatic imine (C=N–C) groups is 1. The Labute approximate surface area is 196 Å². The fraction of sp³-hybridized carbons (Fsp3) is 0.650. The number of rotatable bonds is 8. The Morgan fingerprint density at radius 2 is 1.86 bits per heavy atom. The first kappa shape index (κ1) is 27.7. The first-order valence-electron chi connectivity index (χ1n) is 9.69. The first-order chi connectivity index (χ1) is 13.1. The van der Waals surface area contributed by atoms with Crippen molar-refractivity contribution in [2.45, 2.75) is 65.0 Å². The largest absolute Gasteiger partial charge is 0.444 e. The molecule has 0 unspecified atom stereocenters. The van der Waals surface area contributed by atoms with Gasteiger partial charge in [-0.05, 0) is 51.7 Å². The zero-order valence-corrected chi connectivity index (χ0v) is 21.4. The number of nitrogens with one attached hydrogen (secondary N) is 3. The van der Waals surface area contributed by atoms with E-state index in [2.05, 4.69) is 25.9 Å². The van der Waals surface area contributed by atoms with Crippen molar-refractivity contribution in [1.29, 1.82) is 0 Å². The number of hydrogen-bond acceptors (Lipinski definition) is 4. The van der Waals surface area contributed by atoms with Gasteiger partial charge in [-0.25, -0.2) is 9.78 Å². The summed E-state index contributed by atoms with van der Waals surface area (Å²) >= 11 is 5.81. The number of ether oxygens (including phenoxy) is 1. The second-order valence-corrected chi connectivity index (χ2v) is 8.09. The molecule has 1 aromatic rings. The smallest absolute Gasteiger partial charge is 0.408 e. The average Bonchev–Trinajstić information content (AvgIpc) is 2.63. The molecule has 0 atom stereocenters. The topological polar surface area (TPSA) is 87.6 Å². The summed E-state index contributed by atoms with van der Waals surface area (Å²) in [4.78, 5) is 20.6. The summed E-state index contributed by atoms with van der Waals surface area (Å²) in [7, 11) is 1.72. The van der Waals surface area contributed by atoms with Crippen LogP contribution >= 0.6 is 35.6 Å². The molecule has 0 spiro atoms. The van der Waals surface area contributed by atoms with Gasteiger partial charge in [0.2, 0.25) is 0 Å². The van der Waals surface area contributed by atoms with E-state index >= 15 is 0 Å². The third kappa shape index (κ3) is 10.9. The lowest BCUT2D eigenvalue weighted by molar-refractivity contribution is 0.0448. The predicted molar refractivity (Wildman–Crippen MR) is 130 cm³/mol. The van der Waals surface area contributed by atoms with Crippen LogP contribution in [-0.4, -0.2) is 48.3 Å². The molecule has 29 heavy (non-hydrogen) atoms. The van der Waals surface area contributed by atoms with Gasteiger partial charge in [0.05, 0.1) is 5.54 Å². The monoisotopic (exact) mass is 539 g/mol. The van der Waals surface area contributed by atoms with Crippen molar-refractivity contribution in [1.82, 2.24) is 20.9 Å². The number of amides is 1. The van der Waals surface area contributed by atoms with E-state index in [0.29, 0.717) is 24.2 Å². The van der Waals surface area contributed by atoms with E-state index in [1.807, 2.05) is 40.7 Å². The fourth-order valence-electron chi connectivity index (χ4n) is 2.59. The van der Waals surface area contributed by atoms with E-state index in [-0.39, 0.29) is 24.0 Å². The molecule has 0 aliphatic rings. The molecular formula is C20H35ClIN5O2.